The van der Waals surface area contributed by atoms with Crippen LogP contribution in [0.4, 0.5) is 17.2 Å². The second kappa shape index (κ2) is 5.33. The molecule has 104 valence electrons. The Labute approximate surface area is 124 Å². The lowest BCUT2D eigenvalue weighted by atomic mass is 10.1. The molecule has 0 fully saturated rings. The van der Waals surface area contributed by atoms with Gasteiger partial charge in [0.15, 0.2) is 0 Å². The summed E-state index contributed by atoms with van der Waals surface area (Å²) in [6, 6.07) is 10.6. The van der Waals surface area contributed by atoms with Gasteiger partial charge in [-0.3, -0.25) is 0 Å². The van der Waals surface area contributed by atoms with Crippen molar-refractivity contribution < 1.29 is 0 Å². The second-order valence-electron chi connectivity index (χ2n) is 5.18. The van der Waals surface area contributed by atoms with Crippen molar-refractivity contribution in [3.8, 4) is 0 Å². The molecule has 0 radical (unpaired) electrons. The number of hydrogen-bond donors (Lipinski definition) is 0. The zero-order valence-corrected chi connectivity index (χ0v) is 12.6. The molecule has 3 rings (SSSR count). The number of nitrogens with zero attached hydrogens (tertiary/aromatic N) is 3. The van der Waals surface area contributed by atoms with Crippen molar-refractivity contribution in [1.29, 1.82) is 0 Å². The Morgan fingerprint density at radius 1 is 1.20 bits per heavy atom. The monoisotopic (exact) mass is 287 g/mol. The summed E-state index contributed by atoms with van der Waals surface area (Å²) in [5, 5.41) is 0. The normalized spacial score (nSPS) is 14.3. The molecule has 0 saturated heterocycles. The van der Waals surface area contributed by atoms with Crippen LogP contribution in [0, 0.1) is 6.92 Å². The van der Waals surface area contributed by atoms with Crippen molar-refractivity contribution in [2.24, 2.45) is 0 Å². The van der Waals surface area contributed by atoms with Gasteiger partial charge in [-0.25, -0.2) is 4.98 Å². The highest BCUT2D eigenvalue weighted by molar-refractivity contribution is 6.17. The first-order valence-electron chi connectivity index (χ1n) is 6.80. The minimum Gasteiger partial charge on any atom is -0.371 e. The van der Waals surface area contributed by atoms with Crippen LogP contribution in [0.1, 0.15) is 11.1 Å². The largest absolute Gasteiger partial charge is 0.371 e. The fourth-order valence-corrected chi connectivity index (χ4v) is 2.85. The quantitative estimate of drug-likeness (QED) is 0.785. The Balaban J connectivity index is 2.05. The molecule has 1 aromatic heterocycles. The SMILES string of the molecule is Cc1cc(CCl)cnc1N1CCN(C)c2ccccc21. The molecule has 2 heterocycles. The number of pyridine rings is 1. The summed E-state index contributed by atoms with van der Waals surface area (Å²) in [4.78, 5) is 9.20. The molecule has 20 heavy (non-hydrogen) atoms. The predicted molar refractivity (Wildman–Crippen MR) is 85.2 cm³/mol. The Kier molecular flexibility index (Phi) is 3.53. The molecule has 1 aliphatic rings. The van der Waals surface area contributed by atoms with Gasteiger partial charge in [0.25, 0.3) is 0 Å². The molecule has 0 spiro atoms. The number of para-hydroxylation sites is 2. The predicted octanol–water partition coefficient (Wildman–Crippen LogP) is 3.72. The fourth-order valence-electron chi connectivity index (χ4n) is 2.71. The number of halogens is 1. The van der Waals surface area contributed by atoms with Crippen LogP contribution < -0.4 is 9.80 Å². The third kappa shape index (κ3) is 2.22. The molecule has 0 unspecified atom stereocenters. The lowest BCUT2D eigenvalue weighted by Crippen LogP contribution is -2.37. The van der Waals surface area contributed by atoms with Crippen molar-refractivity contribution in [3.05, 3.63) is 47.7 Å². The molecule has 0 aliphatic carbocycles. The number of fused-ring (bicyclic) bond motifs is 1. The molecule has 0 N–H and O–H groups in total. The van der Waals surface area contributed by atoms with Gasteiger partial charge < -0.3 is 9.80 Å². The minimum atomic E-state index is 0.507. The molecular weight excluding hydrogens is 270 g/mol. The first kappa shape index (κ1) is 13.3. The van der Waals surface area contributed by atoms with Gasteiger partial charge >= 0.3 is 0 Å². The number of aromatic nitrogens is 1. The summed E-state index contributed by atoms with van der Waals surface area (Å²) in [5.74, 6) is 1.53. The van der Waals surface area contributed by atoms with E-state index < -0.39 is 0 Å². The smallest absolute Gasteiger partial charge is 0.135 e. The number of benzene rings is 1. The van der Waals surface area contributed by atoms with Gasteiger partial charge in [0.05, 0.1) is 11.4 Å². The summed E-state index contributed by atoms with van der Waals surface area (Å²) < 4.78 is 0. The maximum atomic E-state index is 5.88. The maximum Gasteiger partial charge on any atom is 0.135 e. The topological polar surface area (TPSA) is 19.4 Å². The zero-order chi connectivity index (χ0) is 14.1. The number of hydrogen-bond acceptors (Lipinski definition) is 3. The van der Waals surface area contributed by atoms with Crippen molar-refractivity contribution in [2.75, 3.05) is 29.9 Å². The van der Waals surface area contributed by atoms with E-state index in [1.807, 2.05) is 6.20 Å². The summed E-state index contributed by atoms with van der Waals surface area (Å²) in [6.45, 7) is 4.04. The fraction of sp³-hybridized carbons (Fsp3) is 0.312. The van der Waals surface area contributed by atoms with Crippen LogP contribution in [-0.4, -0.2) is 25.1 Å². The molecule has 2 aromatic rings. The molecule has 3 nitrogen and oxygen atoms in total. The zero-order valence-electron chi connectivity index (χ0n) is 11.8. The highest BCUT2D eigenvalue weighted by atomic mass is 35.5. The van der Waals surface area contributed by atoms with E-state index in [0.29, 0.717) is 5.88 Å². The standard InChI is InChI=1S/C16H18ClN3/c1-12-9-13(10-17)11-18-16(12)20-8-7-19(2)14-5-3-4-6-15(14)20/h3-6,9,11H,7-8,10H2,1-2H3. The van der Waals surface area contributed by atoms with Crippen LogP contribution in [0.15, 0.2) is 36.5 Å². The van der Waals surface area contributed by atoms with Crippen molar-refractivity contribution in [2.45, 2.75) is 12.8 Å². The Morgan fingerprint density at radius 3 is 2.65 bits per heavy atom. The molecular formula is C16H18ClN3. The van der Waals surface area contributed by atoms with E-state index in [1.54, 1.807) is 0 Å². The van der Waals surface area contributed by atoms with Crippen LogP contribution in [0.5, 0.6) is 0 Å². The number of aryl methyl sites for hydroxylation is 1. The summed E-state index contributed by atoms with van der Waals surface area (Å²) in [6.07, 6.45) is 1.87. The van der Waals surface area contributed by atoms with Gasteiger partial charge in [0.1, 0.15) is 5.82 Å². The van der Waals surface area contributed by atoms with Gasteiger partial charge in [-0.2, -0.15) is 0 Å². The maximum absolute atomic E-state index is 5.88. The summed E-state index contributed by atoms with van der Waals surface area (Å²) >= 11 is 5.88. The third-order valence-electron chi connectivity index (χ3n) is 3.76. The van der Waals surface area contributed by atoms with E-state index >= 15 is 0 Å². The van der Waals surface area contributed by atoms with Gasteiger partial charge in [-0.15, -0.1) is 11.6 Å². The molecule has 1 aromatic carbocycles. The van der Waals surface area contributed by atoms with E-state index in [1.165, 1.54) is 16.9 Å². The number of alkyl halides is 1. The number of rotatable bonds is 2. The molecule has 0 bridgehead atoms. The number of likely N-dealkylation sites (N-methyl/N-ethyl adjacent to an activating group) is 1. The lowest BCUT2D eigenvalue weighted by Gasteiger charge is -2.36. The van der Waals surface area contributed by atoms with Crippen LogP contribution in [0.2, 0.25) is 0 Å². The van der Waals surface area contributed by atoms with Crippen LogP contribution in [0.3, 0.4) is 0 Å². The van der Waals surface area contributed by atoms with Crippen LogP contribution in [-0.2, 0) is 5.88 Å². The van der Waals surface area contributed by atoms with Crippen LogP contribution >= 0.6 is 11.6 Å². The highest BCUT2D eigenvalue weighted by Gasteiger charge is 2.22. The van der Waals surface area contributed by atoms with Gasteiger partial charge in [-0.1, -0.05) is 12.1 Å². The van der Waals surface area contributed by atoms with Gasteiger partial charge in [0.2, 0.25) is 0 Å². The number of anilines is 3. The van der Waals surface area contributed by atoms with Gasteiger partial charge in [0, 0.05) is 32.2 Å². The van der Waals surface area contributed by atoms with E-state index in [4.69, 9.17) is 11.6 Å². The van der Waals surface area contributed by atoms with E-state index in [-0.39, 0.29) is 0 Å². The first-order valence-corrected chi connectivity index (χ1v) is 7.33. The molecule has 0 saturated carbocycles. The van der Waals surface area contributed by atoms with E-state index in [9.17, 15) is 0 Å². The van der Waals surface area contributed by atoms with E-state index in [2.05, 4.69) is 59.1 Å². The van der Waals surface area contributed by atoms with E-state index in [0.717, 1.165) is 24.5 Å². The minimum absolute atomic E-state index is 0.507. The third-order valence-corrected chi connectivity index (χ3v) is 4.07. The Hall–Kier alpha value is -1.74. The first-order chi connectivity index (χ1) is 9.70. The van der Waals surface area contributed by atoms with Gasteiger partial charge in [-0.05, 0) is 36.2 Å². The molecule has 0 atom stereocenters. The van der Waals surface area contributed by atoms with Crippen molar-refractivity contribution in [3.63, 3.8) is 0 Å². The summed E-state index contributed by atoms with van der Waals surface area (Å²) in [5.41, 5.74) is 4.70. The van der Waals surface area contributed by atoms with Crippen molar-refractivity contribution >= 4 is 28.8 Å². The lowest BCUT2D eigenvalue weighted by molar-refractivity contribution is 0.810. The molecule has 1 aliphatic heterocycles. The Morgan fingerprint density at radius 2 is 1.95 bits per heavy atom. The Bertz CT molecular complexity index is 627. The second-order valence-corrected chi connectivity index (χ2v) is 5.45. The van der Waals surface area contributed by atoms with Crippen molar-refractivity contribution in [1.82, 2.24) is 4.98 Å². The van der Waals surface area contributed by atoms with Crippen LogP contribution in [0.25, 0.3) is 0 Å². The molecule has 0 amide bonds. The summed E-state index contributed by atoms with van der Waals surface area (Å²) in [7, 11) is 2.13. The highest BCUT2D eigenvalue weighted by Crippen LogP contribution is 2.37. The average Bonchev–Trinajstić information content (AvgIpc) is 2.48. The average molecular weight is 288 g/mol. The molecule has 4 heteroatoms.